The van der Waals surface area contributed by atoms with Gasteiger partial charge in [0, 0.05) is 24.7 Å². The van der Waals surface area contributed by atoms with Gasteiger partial charge >= 0.3 is 6.03 Å². The van der Waals surface area contributed by atoms with Crippen LogP contribution in [0.25, 0.3) is 0 Å². The number of nitrogens with zero attached hydrogens (tertiary/aromatic N) is 2. The lowest BCUT2D eigenvalue weighted by atomic mass is 9.98. The zero-order chi connectivity index (χ0) is 19.4. The van der Waals surface area contributed by atoms with Crippen LogP contribution in [0.15, 0.2) is 12.3 Å². The molecule has 0 spiro atoms. The van der Waals surface area contributed by atoms with E-state index in [1.54, 1.807) is 13.3 Å². The van der Waals surface area contributed by atoms with Gasteiger partial charge in [-0.15, -0.1) is 0 Å². The average molecular weight is 351 g/mol. The Bertz CT molecular complexity index is 575. The van der Waals surface area contributed by atoms with Crippen molar-refractivity contribution < 1.29 is 19.1 Å². The normalized spacial score (nSPS) is 14.2. The summed E-state index contributed by atoms with van der Waals surface area (Å²) >= 11 is 0. The number of amides is 3. The Labute approximate surface area is 149 Å². The zero-order valence-electron chi connectivity index (χ0n) is 16.0. The van der Waals surface area contributed by atoms with Gasteiger partial charge in [-0.25, -0.2) is 9.78 Å². The Morgan fingerprint density at radius 2 is 2.00 bits per heavy atom. The predicted octanol–water partition coefficient (Wildman–Crippen LogP) is 3.28. The van der Waals surface area contributed by atoms with Crippen molar-refractivity contribution in [1.82, 2.24) is 10.3 Å². The number of pyridine rings is 1. The smallest absolute Gasteiger partial charge is 0.329 e. The Morgan fingerprint density at radius 1 is 1.40 bits per heavy atom. The molecule has 7 nitrogen and oxygen atoms in total. The Kier molecular flexibility index (Phi) is 10.8. The van der Waals surface area contributed by atoms with E-state index in [2.05, 4.69) is 24.1 Å². The fraction of sp³-hybridized carbons (Fsp3) is 0.556. The van der Waals surface area contributed by atoms with Gasteiger partial charge in [-0.2, -0.15) is 0 Å². The van der Waals surface area contributed by atoms with E-state index >= 15 is 0 Å². The summed E-state index contributed by atoms with van der Waals surface area (Å²) in [7, 11) is 1.57. The number of imide groups is 1. The molecule has 0 aliphatic carbocycles. The number of carbonyl (C=O) groups excluding carboxylic acids is 3. The first kappa shape index (κ1) is 22.6. The van der Waals surface area contributed by atoms with Crippen LogP contribution in [-0.2, 0) is 9.59 Å². The number of carbonyl (C=O) groups is 3. The van der Waals surface area contributed by atoms with Crippen molar-refractivity contribution in [1.29, 1.82) is 0 Å². The topological polar surface area (TPSA) is 88.6 Å². The van der Waals surface area contributed by atoms with Gasteiger partial charge in [0.05, 0.1) is 7.11 Å². The highest BCUT2D eigenvalue weighted by atomic mass is 16.5. The van der Waals surface area contributed by atoms with Crippen LogP contribution in [0.3, 0.4) is 0 Å². The summed E-state index contributed by atoms with van der Waals surface area (Å²) in [5.74, 6) is 1.12. The van der Waals surface area contributed by atoms with Gasteiger partial charge in [-0.05, 0) is 25.3 Å². The number of methoxy groups -OCH3 is 1. The molecule has 1 fully saturated rings. The highest BCUT2D eigenvalue weighted by Crippen LogP contribution is 2.35. The lowest BCUT2D eigenvalue weighted by molar-refractivity contribution is -0.120. The summed E-state index contributed by atoms with van der Waals surface area (Å²) in [6.07, 6.45) is 3.65. The van der Waals surface area contributed by atoms with Gasteiger partial charge in [0.25, 0.3) is 0 Å². The van der Waals surface area contributed by atoms with E-state index in [9.17, 15) is 9.59 Å². The molecule has 1 aromatic heterocycles. The fourth-order valence-electron chi connectivity index (χ4n) is 2.23. The molecule has 25 heavy (non-hydrogen) atoms. The number of ether oxygens (including phenoxy) is 1. The van der Waals surface area contributed by atoms with Crippen LogP contribution in [0.1, 0.15) is 58.9 Å². The molecule has 0 radical (unpaired) electrons. The van der Waals surface area contributed by atoms with Crippen molar-refractivity contribution in [3.63, 3.8) is 0 Å². The SMILES string of the molecule is CC.CC=O.CCC(C)c1ccnc(N2CCC(=O)NC2=O)c1OC. The number of aldehydes is 1. The number of hydrogen-bond acceptors (Lipinski definition) is 5. The molecule has 1 N–H and O–H groups in total. The minimum atomic E-state index is -0.451. The molecule has 3 amide bonds. The number of urea groups is 1. The van der Waals surface area contributed by atoms with Crippen molar-refractivity contribution in [2.45, 2.75) is 53.4 Å². The van der Waals surface area contributed by atoms with E-state index in [4.69, 9.17) is 9.53 Å². The molecule has 140 valence electrons. The van der Waals surface area contributed by atoms with Crippen LogP contribution in [0.4, 0.5) is 10.6 Å². The second-order valence-corrected chi connectivity index (χ2v) is 5.06. The van der Waals surface area contributed by atoms with Crippen molar-refractivity contribution in [3.8, 4) is 5.75 Å². The summed E-state index contributed by atoms with van der Waals surface area (Å²) in [4.78, 5) is 37.6. The molecule has 1 saturated heterocycles. The van der Waals surface area contributed by atoms with Crippen molar-refractivity contribution in [2.24, 2.45) is 0 Å². The monoisotopic (exact) mass is 351 g/mol. The number of anilines is 1. The van der Waals surface area contributed by atoms with Crippen LogP contribution in [0, 0.1) is 0 Å². The summed E-state index contributed by atoms with van der Waals surface area (Å²) in [6, 6.07) is 1.46. The molecular weight excluding hydrogens is 322 g/mol. The van der Waals surface area contributed by atoms with E-state index in [0.717, 1.165) is 18.3 Å². The lowest BCUT2D eigenvalue weighted by Gasteiger charge is -2.28. The maximum Gasteiger partial charge on any atom is 0.329 e. The first-order chi connectivity index (χ1) is 12.0. The van der Waals surface area contributed by atoms with Crippen molar-refractivity contribution >= 4 is 24.0 Å². The number of hydrogen-bond donors (Lipinski definition) is 1. The molecule has 2 heterocycles. The maximum absolute atomic E-state index is 11.9. The summed E-state index contributed by atoms with van der Waals surface area (Å²) in [5.41, 5.74) is 1.02. The Morgan fingerprint density at radius 3 is 2.48 bits per heavy atom. The summed E-state index contributed by atoms with van der Waals surface area (Å²) in [6.45, 7) is 9.95. The Hall–Kier alpha value is -2.44. The number of nitrogens with one attached hydrogen (secondary N) is 1. The standard InChI is InChI=1S/C14H19N3O3.C2H4O.C2H6/c1-4-9(2)10-5-7-15-13(12(10)20-3)17-8-6-11(18)16-14(17)19;1-2-3;1-2/h5,7,9H,4,6,8H2,1-3H3,(H,16,18,19);2H,1H3;1-2H3. The van der Waals surface area contributed by atoms with Crippen LogP contribution in [0.2, 0.25) is 0 Å². The Balaban J connectivity index is 0.00000104. The molecule has 0 saturated carbocycles. The van der Waals surface area contributed by atoms with Crippen LogP contribution in [-0.4, -0.2) is 36.9 Å². The third-order valence-electron chi connectivity index (χ3n) is 3.57. The van der Waals surface area contributed by atoms with Gasteiger partial charge < -0.3 is 9.53 Å². The van der Waals surface area contributed by atoms with Crippen LogP contribution >= 0.6 is 0 Å². The summed E-state index contributed by atoms with van der Waals surface area (Å²) in [5, 5.41) is 2.29. The summed E-state index contributed by atoms with van der Waals surface area (Å²) < 4.78 is 5.46. The van der Waals surface area contributed by atoms with Gasteiger partial charge in [-0.1, -0.05) is 27.7 Å². The van der Waals surface area contributed by atoms with Crippen LogP contribution in [0.5, 0.6) is 5.75 Å². The van der Waals surface area contributed by atoms with E-state index in [1.807, 2.05) is 19.9 Å². The van der Waals surface area contributed by atoms with Crippen LogP contribution < -0.4 is 15.0 Å². The molecule has 1 unspecified atom stereocenters. The van der Waals surface area contributed by atoms with E-state index < -0.39 is 6.03 Å². The van der Waals surface area contributed by atoms with E-state index in [-0.39, 0.29) is 12.3 Å². The number of aromatic nitrogens is 1. The minimum Gasteiger partial charge on any atom is -0.493 e. The molecule has 1 aromatic rings. The van der Waals surface area contributed by atoms with E-state index in [1.165, 1.54) is 11.8 Å². The van der Waals surface area contributed by atoms with Gasteiger partial charge in [0.2, 0.25) is 5.91 Å². The maximum atomic E-state index is 11.9. The third-order valence-corrected chi connectivity index (χ3v) is 3.57. The number of rotatable bonds is 4. The quantitative estimate of drug-likeness (QED) is 0.841. The molecule has 7 heteroatoms. The fourth-order valence-corrected chi connectivity index (χ4v) is 2.23. The molecule has 0 bridgehead atoms. The first-order valence-electron chi connectivity index (χ1n) is 8.54. The second kappa shape index (κ2) is 12.0. The third kappa shape index (κ3) is 6.17. The average Bonchev–Trinajstić information content (AvgIpc) is 2.63. The van der Waals surface area contributed by atoms with E-state index in [0.29, 0.717) is 24.0 Å². The molecule has 1 atom stereocenters. The highest BCUT2D eigenvalue weighted by molar-refractivity contribution is 6.05. The molecule has 0 aromatic carbocycles. The first-order valence-corrected chi connectivity index (χ1v) is 8.54. The van der Waals surface area contributed by atoms with Crippen molar-refractivity contribution in [3.05, 3.63) is 17.8 Å². The van der Waals surface area contributed by atoms with Gasteiger partial charge in [-0.3, -0.25) is 15.0 Å². The molecule has 2 rings (SSSR count). The lowest BCUT2D eigenvalue weighted by Crippen LogP contribution is -2.50. The van der Waals surface area contributed by atoms with Crippen molar-refractivity contribution in [2.75, 3.05) is 18.6 Å². The second-order valence-electron chi connectivity index (χ2n) is 5.06. The molecular formula is C18H29N3O4. The predicted molar refractivity (Wildman–Crippen MR) is 98.1 cm³/mol. The highest BCUT2D eigenvalue weighted by Gasteiger charge is 2.29. The molecule has 1 aliphatic rings. The van der Waals surface area contributed by atoms with Gasteiger partial charge in [0.15, 0.2) is 11.6 Å². The van der Waals surface area contributed by atoms with Gasteiger partial charge in [0.1, 0.15) is 6.29 Å². The largest absolute Gasteiger partial charge is 0.493 e. The molecule has 1 aliphatic heterocycles. The zero-order valence-corrected chi connectivity index (χ0v) is 16.0. The minimum absolute atomic E-state index is 0.261.